The van der Waals surface area contributed by atoms with E-state index in [0.717, 1.165) is 15.7 Å². The number of nitrogens with one attached hydrogen (secondary N) is 2. The van der Waals surface area contributed by atoms with Gasteiger partial charge in [-0.1, -0.05) is 11.8 Å². The minimum Gasteiger partial charge on any atom is -0.352 e. The lowest BCUT2D eigenvalue weighted by Gasteiger charge is -2.07. The molecule has 0 bridgehead atoms. The molecule has 6 nitrogen and oxygen atoms in total. The number of aromatic nitrogens is 2. The van der Waals surface area contributed by atoms with Gasteiger partial charge in [-0.25, -0.2) is 4.98 Å². The monoisotopic (exact) mass is 400 g/mol. The highest BCUT2D eigenvalue weighted by Crippen LogP contribution is 2.26. The summed E-state index contributed by atoms with van der Waals surface area (Å²) in [6, 6.07) is 9.44. The maximum atomic E-state index is 12.0. The third-order valence-electron chi connectivity index (χ3n) is 3.77. The second-order valence-corrected chi connectivity index (χ2v) is 7.69. The number of hydrogen-bond donors (Lipinski definition) is 2. The van der Waals surface area contributed by atoms with Crippen LogP contribution in [-0.2, 0) is 11.8 Å². The van der Waals surface area contributed by atoms with E-state index in [9.17, 15) is 9.59 Å². The Balaban J connectivity index is 1.39. The minimum atomic E-state index is -0.0996. The normalized spacial score (nSPS) is 10.6. The molecule has 8 heteroatoms. The van der Waals surface area contributed by atoms with Crippen LogP contribution in [0.3, 0.4) is 0 Å². The summed E-state index contributed by atoms with van der Waals surface area (Å²) in [7, 11) is 1.95. The third-order valence-corrected chi connectivity index (χ3v) is 5.54. The largest absolute Gasteiger partial charge is 0.352 e. The molecule has 0 saturated carbocycles. The molecule has 0 spiro atoms. The van der Waals surface area contributed by atoms with Crippen LogP contribution in [-0.4, -0.2) is 27.9 Å². The zero-order valence-electron chi connectivity index (χ0n) is 14.8. The lowest BCUT2D eigenvalue weighted by atomic mass is 10.2. The molecule has 3 rings (SSSR count). The summed E-state index contributed by atoms with van der Waals surface area (Å²) in [6.07, 6.45) is 4.61. The molecule has 0 aliphatic carbocycles. The number of carbonyl (C=O) groups excluding carboxylic acids is 2. The summed E-state index contributed by atoms with van der Waals surface area (Å²) < 4.78 is 1.96. The SMILES string of the molecule is Cn1ccnc1Sc1ccc(NC(=O)CCCNC(=O)c2ccsc2)cc1. The average Bonchev–Trinajstić information content (AvgIpc) is 3.33. The Bertz CT molecular complexity index is 889. The fourth-order valence-corrected chi connectivity index (χ4v) is 3.77. The van der Waals surface area contributed by atoms with Gasteiger partial charge in [-0.15, -0.1) is 0 Å². The van der Waals surface area contributed by atoms with Gasteiger partial charge in [0.25, 0.3) is 5.91 Å². The predicted molar refractivity (Wildman–Crippen MR) is 108 cm³/mol. The van der Waals surface area contributed by atoms with Gasteiger partial charge in [0.2, 0.25) is 5.91 Å². The number of aryl methyl sites for hydroxylation is 1. The lowest BCUT2D eigenvalue weighted by molar-refractivity contribution is -0.116. The van der Waals surface area contributed by atoms with Crippen LogP contribution >= 0.6 is 23.1 Å². The van der Waals surface area contributed by atoms with Crippen LogP contribution < -0.4 is 10.6 Å². The molecule has 27 heavy (non-hydrogen) atoms. The number of anilines is 1. The molecule has 0 fully saturated rings. The summed E-state index contributed by atoms with van der Waals surface area (Å²) in [5, 5.41) is 10.3. The van der Waals surface area contributed by atoms with Crippen molar-refractivity contribution in [3.63, 3.8) is 0 Å². The van der Waals surface area contributed by atoms with Gasteiger partial charge in [0, 0.05) is 53.9 Å². The Labute approximate surface area is 166 Å². The summed E-state index contributed by atoms with van der Waals surface area (Å²) >= 11 is 3.05. The van der Waals surface area contributed by atoms with E-state index < -0.39 is 0 Å². The van der Waals surface area contributed by atoms with Crippen molar-refractivity contribution in [1.29, 1.82) is 0 Å². The van der Waals surface area contributed by atoms with Crippen molar-refractivity contribution in [3.05, 3.63) is 59.0 Å². The van der Waals surface area contributed by atoms with Crippen LogP contribution in [0.15, 0.2) is 63.5 Å². The highest BCUT2D eigenvalue weighted by Gasteiger charge is 2.07. The van der Waals surface area contributed by atoms with E-state index in [-0.39, 0.29) is 11.8 Å². The molecule has 3 aromatic rings. The standard InChI is InChI=1S/C19H20N4O2S2/c1-23-11-10-21-19(23)27-16-6-4-15(5-7-16)22-17(24)3-2-9-20-18(25)14-8-12-26-13-14/h4-8,10-13H,2-3,9H2,1H3,(H,20,25)(H,22,24). The molecular formula is C19H20N4O2S2. The van der Waals surface area contributed by atoms with Crippen LogP contribution in [0.25, 0.3) is 0 Å². The van der Waals surface area contributed by atoms with Crippen LogP contribution in [0, 0.1) is 0 Å². The summed E-state index contributed by atoms with van der Waals surface area (Å²) in [5.74, 6) is -0.165. The van der Waals surface area contributed by atoms with Gasteiger partial charge in [-0.3, -0.25) is 9.59 Å². The molecule has 1 aromatic carbocycles. The first-order chi connectivity index (χ1) is 13.1. The van der Waals surface area contributed by atoms with Crippen molar-refractivity contribution in [3.8, 4) is 0 Å². The number of imidazole rings is 1. The molecule has 0 aliphatic heterocycles. The maximum absolute atomic E-state index is 12.0. The molecule has 0 aliphatic rings. The van der Waals surface area contributed by atoms with Gasteiger partial charge in [0.05, 0.1) is 0 Å². The summed E-state index contributed by atoms with van der Waals surface area (Å²) in [4.78, 5) is 29.2. The minimum absolute atomic E-state index is 0.0655. The highest BCUT2D eigenvalue weighted by molar-refractivity contribution is 7.99. The van der Waals surface area contributed by atoms with Crippen LogP contribution in [0.5, 0.6) is 0 Å². The van der Waals surface area contributed by atoms with E-state index >= 15 is 0 Å². The van der Waals surface area contributed by atoms with Crippen molar-refractivity contribution in [1.82, 2.24) is 14.9 Å². The van der Waals surface area contributed by atoms with Crippen molar-refractivity contribution in [2.75, 3.05) is 11.9 Å². The van der Waals surface area contributed by atoms with Crippen LogP contribution in [0.2, 0.25) is 0 Å². The maximum Gasteiger partial charge on any atom is 0.252 e. The van der Waals surface area contributed by atoms with Crippen LogP contribution in [0.4, 0.5) is 5.69 Å². The van der Waals surface area contributed by atoms with Gasteiger partial charge < -0.3 is 15.2 Å². The van der Waals surface area contributed by atoms with Crippen molar-refractivity contribution in [2.24, 2.45) is 7.05 Å². The van der Waals surface area contributed by atoms with Crippen molar-refractivity contribution >= 4 is 40.6 Å². The van der Waals surface area contributed by atoms with Gasteiger partial charge in [-0.2, -0.15) is 11.3 Å². The van der Waals surface area contributed by atoms with Gasteiger partial charge in [0.15, 0.2) is 5.16 Å². The van der Waals surface area contributed by atoms with Gasteiger partial charge >= 0.3 is 0 Å². The Kier molecular flexibility index (Phi) is 6.67. The number of benzene rings is 1. The Morgan fingerprint density at radius 2 is 2.04 bits per heavy atom. The quantitative estimate of drug-likeness (QED) is 0.564. The summed E-state index contributed by atoms with van der Waals surface area (Å²) in [5.41, 5.74) is 1.42. The number of hydrogen-bond acceptors (Lipinski definition) is 5. The average molecular weight is 401 g/mol. The lowest BCUT2D eigenvalue weighted by Crippen LogP contribution is -2.25. The van der Waals surface area contributed by atoms with Gasteiger partial charge in [0.1, 0.15) is 0 Å². The zero-order valence-corrected chi connectivity index (χ0v) is 16.5. The predicted octanol–water partition coefficient (Wildman–Crippen LogP) is 3.78. The number of thiophene rings is 1. The first-order valence-electron chi connectivity index (χ1n) is 8.47. The Hall–Kier alpha value is -2.58. The van der Waals surface area contributed by atoms with Crippen LogP contribution in [0.1, 0.15) is 23.2 Å². The van der Waals surface area contributed by atoms with Crippen molar-refractivity contribution in [2.45, 2.75) is 22.9 Å². The topological polar surface area (TPSA) is 76.0 Å². The molecule has 2 N–H and O–H groups in total. The van der Waals surface area contributed by atoms with E-state index in [1.165, 1.54) is 11.3 Å². The number of rotatable bonds is 8. The summed E-state index contributed by atoms with van der Waals surface area (Å²) in [6.45, 7) is 0.474. The molecule has 0 radical (unpaired) electrons. The van der Waals surface area contributed by atoms with E-state index in [4.69, 9.17) is 0 Å². The molecule has 0 saturated heterocycles. The van der Waals surface area contributed by atoms with Crippen molar-refractivity contribution < 1.29 is 9.59 Å². The van der Waals surface area contributed by atoms with E-state index in [1.807, 2.05) is 47.5 Å². The molecule has 0 unspecified atom stereocenters. The second kappa shape index (κ2) is 9.38. The molecule has 2 amide bonds. The number of carbonyl (C=O) groups is 2. The first kappa shape index (κ1) is 19.2. The van der Waals surface area contributed by atoms with E-state index in [2.05, 4.69) is 15.6 Å². The third kappa shape index (κ3) is 5.70. The van der Waals surface area contributed by atoms with E-state index in [1.54, 1.807) is 29.4 Å². The molecule has 2 heterocycles. The highest BCUT2D eigenvalue weighted by atomic mass is 32.2. The van der Waals surface area contributed by atoms with Gasteiger partial charge in [-0.05, 0) is 42.1 Å². The fourth-order valence-electron chi connectivity index (χ4n) is 2.33. The first-order valence-corrected chi connectivity index (χ1v) is 10.2. The molecular weight excluding hydrogens is 380 g/mol. The molecule has 140 valence electrons. The number of nitrogens with zero attached hydrogens (tertiary/aromatic N) is 2. The Morgan fingerprint density at radius 1 is 1.22 bits per heavy atom. The smallest absolute Gasteiger partial charge is 0.252 e. The fraction of sp³-hybridized carbons (Fsp3) is 0.211. The molecule has 2 aromatic heterocycles. The number of amides is 2. The molecule has 0 atom stereocenters. The van der Waals surface area contributed by atoms with E-state index in [0.29, 0.717) is 24.9 Å². The second-order valence-electron chi connectivity index (χ2n) is 5.87. The zero-order chi connectivity index (χ0) is 19.1. The Morgan fingerprint density at radius 3 is 2.70 bits per heavy atom.